The molecule has 0 bridgehead atoms. The molecule has 1 aromatic rings. The van der Waals surface area contributed by atoms with Crippen LogP contribution in [0.5, 0.6) is 5.75 Å². The van der Waals surface area contributed by atoms with Crippen molar-refractivity contribution < 1.29 is 14.6 Å². The minimum Gasteiger partial charge on any atom is -0.496 e. The molecular formula is C16H24N2O3. The van der Waals surface area contributed by atoms with E-state index in [9.17, 15) is 4.79 Å². The minimum absolute atomic E-state index is 0.308. The Labute approximate surface area is 126 Å². The number of methoxy groups -OCH3 is 1. The van der Waals surface area contributed by atoms with E-state index < -0.39 is 5.97 Å². The lowest BCUT2D eigenvalue weighted by Crippen LogP contribution is -2.41. The molecule has 1 saturated heterocycles. The van der Waals surface area contributed by atoms with Gasteiger partial charge < -0.3 is 14.7 Å². The predicted octanol–water partition coefficient (Wildman–Crippen LogP) is 1.92. The van der Waals surface area contributed by atoms with Gasteiger partial charge >= 0.3 is 5.97 Å². The van der Waals surface area contributed by atoms with Crippen molar-refractivity contribution in [2.45, 2.75) is 25.4 Å². The molecule has 0 radical (unpaired) electrons. The summed E-state index contributed by atoms with van der Waals surface area (Å²) in [4.78, 5) is 15.8. The molecule has 21 heavy (non-hydrogen) atoms. The summed E-state index contributed by atoms with van der Waals surface area (Å²) in [6.07, 6.45) is 2.29. The summed E-state index contributed by atoms with van der Waals surface area (Å²) >= 11 is 0. The number of hydrogen-bond acceptors (Lipinski definition) is 4. The molecule has 116 valence electrons. The third-order valence-corrected chi connectivity index (χ3v) is 4.26. The number of nitrogens with zero attached hydrogens (tertiary/aromatic N) is 2. The Kier molecular flexibility index (Phi) is 5.20. The fourth-order valence-electron chi connectivity index (χ4n) is 2.87. The van der Waals surface area contributed by atoms with Crippen LogP contribution in [-0.4, -0.2) is 61.2 Å². The van der Waals surface area contributed by atoms with Gasteiger partial charge in [-0.3, -0.25) is 4.90 Å². The molecule has 1 heterocycles. The lowest BCUT2D eigenvalue weighted by atomic mass is 10.0. The van der Waals surface area contributed by atoms with Crippen molar-refractivity contribution in [3.63, 3.8) is 0 Å². The number of hydrogen-bond donors (Lipinski definition) is 1. The zero-order valence-corrected chi connectivity index (χ0v) is 13.0. The van der Waals surface area contributed by atoms with Crippen LogP contribution in [0.3, 0.4) is 0 Å². The Balaban J connectivity index is 2.10. The van der Waals surface area contributed by atoms with Crippen molar-refractivity contribution in [1.82, 2.24) is 9.80 Å². The topological polar surface area (TPSA) is 53.0 Å². The Morgan fingerprint density at radius 1 is 1.43 bits per heavy atom. The number of ether oxygens (including phenoxy) is 1. The van der Waals surface area contributed by atoms with Crippen LogP contribution in [0.2, 0.25) is 0 Å². The number of carboxylic acid groups (broad SMARTS) is 1. The lowest BCUT2D eigenvalue weighted by Gasteiger charge is -2.35. The first-order valence-corrected chi connectivity index (χ1v) is 7.30. The second-order valence-electron chi connectivity index (χ2n) is 5.78. The van der Waals surface area contributed by atoms with Crippen LogP contribution in [0.4, 0.5) is 0 Å². The van der Waals surface area contributed by atoms with Gasteiger partial charge in [-0.2, -0.15) is 0 Å². The molecule has 0 saturated carbocycles. The normalized spacial score (nSPS) is 17.1. The van der Waals surface area contributed by atoms with Gasteiger partial charge in [-0.05, 0) is 58.2 Å². The van der Waals surface area contributed by atoms with Gasteiger partial charge in [0.15, 0.2) is 0 Å². The van der Waals surface area contributed by atoms with Gasteiger partial charge in [0.25, 0.3) is 0 Å². The second-order valence-corrected chi connectivity index (χ2v) is 5.78. The van der Waals surface area contributed by atoms with Gasteiger partial charge in [-0.15, -0.1) is 0 Å². The number of likely N-dealkylation sites (tertiary alicyclic amines) is 1. The van der Waals surface area contributed by atoms with Gasteiger partial charge in [0.2, 0.25) is 0 Å². The highest BCUT2D eigenvalue weighted by molar-refractivity contribution is 5.88. The number of aromatic carboxylic acids is 1. The molecule has 0 unspecified atom stereocenters. The molecule has 0 aromatic heterocycles. The number of benzene rings is 1. The van der Waals surface area contributed by atoms with Crippen molar-refractivity contribution in [2.75, 3.05) is 34.3 Å². The molecule has 0 amide bonds. The molecule has 5 nitrogen and oxygen atoms in total. The van der Waals surface area contributed by atoms with Crippen LogP contribution >= 0.6 is 0 Å². The summed E-state index contributed by atoms with van der Waals surface area (Å²) in [5.74, 6) is -0.152. The van der Waals surface area contributed by atoms with E-state index in [4.69, 9.17) is 9.84 Å². The summed E-state index contributed by atoms with van der Waals surface area (Å²) in [5, 5.41) is 9.12. The molecule has 2 rings (SSSR count). The number of carboxylic acids is 1. The monoisotopic (exact) mass is 292 g/mol. The molecule has 1 aliphatic rings. The van der Waals surface area contributed by atoms with Gasteiger partial charge in [-0.25, -0.2) is 4.79 Å². The summed E-state index contributed by atoms with van der Waals surface area (Å²) in [6.45, 7) is 2.93. The minimum atomic E-state index is -0.902. The highest BCUT2D eigenvalue weighted by Crippen LogP contribution is 2.24. The van der Waals surface area contributed by atoms with Crippen molar-refractivity contribution in [2.24, 2.45) is 0 Å². The summed E-state index contributed by atoms with van der Waals surface area (Å²) < 4.78 is 5.36. The molecular weight excluding hydrogens is 268 g/mol. The first kappa shape index (κ1) is 15.8. The average molecular weight is 292 g/mol. The largest absolute Gasteiger partial charge is 0.496 e. The molecule has 0 spiro atoms. The molecule has 0 atom stereocenters. The fraction of sp³-hybridized carbons (Fsp3) is 0.562. The van der Waals surface area contributed by atoms with Gasteiger partial charge in [-0.1, -0.05) is 0 Å². The van der Waals surface area contributed by atoms with E-state index in [1.54, 1.807) is 25.3 Å². The first-order chi connectivity index (χ1) is 10.0. The predicted molar refractivity (Wildman–Crippen MR) is 81.9 cm³/mol. The lowest BCUT2D eigenvalue weighted by molar-refractivity contribution is 0.0696. The van der Waals surface area contributed by atoms with Gasteiger partial charge in [0.05, 0.1) is 12.7 Å². The van der Waals surface area contributed by atoms with Crippen LogP contribution in [-0.2, 0) is 6.54 Å². The summed E-state index contributed by atoms with van der Waals surface area (Å²) in [6, 6.07) is 5.58. The zero-order chi connectivity index (χ0) is 15.4. The molecule has 1 fully saturated rings. The highest BCUT2D eigenvalue weighted by atomic mass is 16.5. The maximum atomic E-state index is 11.1. The second kappa shape index (κ2) is 6.91. The molecule has 1 N–H and O–H groups in total. The summed E-state index contributed by atoms with van der Waals surface area (Å²) in [7, 11) is 5.87. The third-order valence-electron chi connectivity index (χ3n) is 4.26. The SMILES string of the molecule is COc1ccc(C(=O)O)cc1CN(C)C1CCN(C)CC1. The quantitative estimate of drug-likeness (QED) is 0.898. The van der Waals surface area contributed by atoms with Gasteiger partial charge in [0, 0.05) is 18.2 Å². The highest BCUT2D eigenvalue weighted by Gasteiger charge is 2.21. The third kappa shape index (κ3) is 3.95. The van der Waals surface area contributed by atoms with Crippen molar-refractivity contribution in [3.8, 4) is 5.75 Å². The van der Waals surface area contributed by atoms with Crippen LogP contribution in [0.25, 0.3) is 0 Å². The summed E-state index contributed by atoms with van der Waals surface area (Å²) in [5.41, 5.74) is 1.24. The molecule has 1 aromatic carbocycles. The van der Waals surface area contributed by atoms with E-state index in [1.165, 1.54) is 0 Å². The van der Waals surface area contributed by atoms with Crippen LogP contribution < -0.4 is 4.74 Å². The Hall–Kier alpha value is -1.59. The van der Waals surface area contributed by atoms with E-state index in [0.717, 1.165) is 37.2 Å². The van der Waals surface area contributed by atoms with E-state index in [0.29, 0.717) is 18.2 Å². The Bertz CT molecular complexity index is 496. The van der Waals surface area contributed by atoms with E-state index >= 15 is 0 Å². The maximum absolute atomic E-state index is 11.1. The van der Waals surface area contributed by atoms with E-state index in [2.05, 4.69) is 23.9 Å². The Morgan fingerprint density at radius 3 is 2.67 bits per heavy atom. The molecule has 1 aliphatic heterocycles. The van der Waals surface area contributed by atoms with E-state index in [1.807, 2.05) is 0 Å². The number of rotatable bonds is 5. The first-order valence-electron chi connectivity index (χ1n) is 7.30. The maximum Gasteiger partial charge on any atom is 0.335 e. The van der Waals surface area contributed by atoms with Gasteiger partial charge in [0.1, 0.15) is 5.75 Å². The number of piperidine rings is 1. The fourth-order valence-corrected chi connectivity index (χ4v) is 2.87. The molecule has 0 aliphatic carbocycles. The van der Waals surface area contributed by atoms with Crippen LogP contribution in [0.1, 0.15) is 28.8 Å². The van der Waals surface area contributed by atoms with E-state index in [-0.39, 0.29) is 0 Å². The average Bonchev–Trinajstić information content (AvgIpc) is 2.47. The number of carbonyl (C=O) groups is 1. The zero-order valence-electron chi connectivity index (χ0n) is 13.0. The molecule has 5 heteroatoms. The Morgan fingerprint density at radius 2 is 2.10 bits per heavy atom. The van der Waals surface area contributed by atoms with Crippen LogP contribution in [0, 0.1) is 0 Å². The van der Waals surface area contributed by atoms with Crippen molar-refractivity contribution in [1.29, 1.82) is 0 Å². The smallest absolute Gasteiger partial charge is 0.335 e. The van der Waals surface area contributed by atoms with Crippen LogP contribution in [0.15, 0.2) is 18.2 Å². The van der Waals surface area contributed by atoms with Crippen molar-refractivity contribution in [3.05, 3.63) is 29.3 Å². The van der Waals surface area contributed by atoms with Crippen molar-refractivity contribution >= 4 is 5.97 Å². The standard InChI is InChI=1S/C16H24N2O3/c1-17-8-6-14(7-9-17)18(2)11-13-10-12(16(19)20)4-5-15(13)21-3/h4-5,10,14H,6-9,11H2,1-3H3,(H,19,20).